The lowest BCUT2D eigenvalue weighted by Gasteiger charge is -2.42. The molecule has 0 unspecified atom stereocenters. The molecule has 0 saturated heterocycles. The summed E-state index contributed by atoms with van der Waals surface area (Å²) in [5.41, 5.74) is -1.83. The van der Waals surface area contributed by atoms with Crippen molar-refractivity contribution in [3.8, 4) is 23.0 Å². The smallest absolute Gasteiger partial charge is 0.332 e. The van der Waals surface area contributed by atoms with E-state index in [1.54, 1.807) is 19.1 Å². The molecule has 2 aliphatic heterocycles. The fourth-order valence-electron chi connectivity index (χ4n) is 6.19. The van der Waals surface area contributed by atoms with Gasteiger partial charge in [0.1, 0.15) is 33.7 Å². The Bertz CT molecular complexity index is 1840. The highest BCUT2D eigenvalue weighted by atomic mass is 35.5. The maximum atomic E-state index is 14.8. The van der Waals surface area contributed by atoms with Gasteiger partial charge in [0, 0.05) is 43.3 Å². The predicted octanol–water partition coefficient (Wildman–Crippen LogP) is 2.89. The highest BCUT2D eigenvalue weighted by molar-refractivity contribution is 6.36. The quantitative estimate of drug-likeness (QED) is 0.448. The third-order valence-corrected chi connectivity index (χ3v) is 8.66. The molecular weight excluding hydrogens is 554 g/mol. The van der Waals surface area contributed by atoms with Crippen molar-refractivity contribution in [2.45, 2.75) is 24.9 Å². The van der Waals surface area contributed by atoms with Gasteiger partial charge in [0.05, 0.1) is 19.8 Å². The number of phenolic OH excluding ortho intramolecular Hbond substituents is 1. The summed E-state index contributed by atoms with van der Waals surface area (Å²) in [6, 6.07) is 7.54. The lowest BCUT2D eigenvalue weighted by Crippen LogP contribution is -2.58. The van der Waals surface area contributed by atoms with E-state index in [2.05, 4.69) is 5.32 Å². The van der Waals surface area contributed by atoms with Gasteiger partial charge in [0.25, 0.3) is 5.56 Å². The number of methoxy groups -OCH3 is 2. The number of fused-ring (bicyclic) bond motifs is 2. The second-order valence-electron chi connectivity index (χ2n) is 10.4. The second kappa shape index (κ2) is 9.00. The molecule has 0 radical (unpaired) electrons. The summed E-state index contributed by atoms with van der Waals surface area (Å²) in [5, 5.41) is 13.2. The summed E-state index contributed by atoms with van der Waals surface area (Å²) in [6.07, 6.45) is 0.176. The SMILES string of the molecule is COc1cc(OC)c2c(c1Cl)O[C@@]1(C(=O)C3=C(C[C@H]1C)Nc1c(c(=O)n(C)c(=O)n1C)[C@@H]3c1ccc(O)cc1)C2=O. The number of hydrogen-bond donors (Lipinski definition) is 2. The molecule has 2 N–H and O–H groups in total. The number of anilines is 1. The summed E-state index contributed by atoms with van der Waals surface area (Å²) in [6.45, 7) is 1.72. The summed E-state index contributed by atoms with van der Waals surface area (Å²) in [7, 11) is 5.69. The molecule has 3 heterocycles. The van der Waals surface area contributed by atoms with Crippen molar-refractivity contribution in [2.24, 2.45) is 20.0 Å². The van der Waals surface area contributed by atoms with Crippen LogP contribution in [0.2, 0.25) is 5.02 Å². The normalized spacial score (nSPS) is 22.6. The third-order valence-electron chi connectivity index (χ3n) is 8.30. The van der Waals surface area contributed by atoms with E-state index in [1.807, 2.05) is 0 Å². The van der Waals surface area contributed by atoms with E-state index in [-0.39, 0.29) is 57.0 Å². The van der Waals surface area contributed by atoms with Crippen LogP contribution in [0.4, 0.5) is 5.82 Å². The van der Waals surface area contributed by atoms with Gasteiger partial charge < -0.3 is 24.6 Å². The number of rotatable bonds is 3. The Morgan fingerprint density at radius 2 is 1.68 bits per heavy atom. The number of ketones is 2. The van der Waals surface area contributed by atoms with E-state index in [1.165, 1.54) is 51.1 Å². The summed E-state index contributed by atoms with van der Waals surface area (Å²) in [5.74, 6) is -2.32. The highest BCUT2D eigenvalue weighted by Crippen LogP contribution is 2.56. The zero-order valence-corrected chi connectivity index (χ0v) is 23.6. The molecule has 3 atom stereocenters. The Morgan fingerprint density at radius 1 is 1.02 bits per heavy atom. The summed E-state index contributed by atoms with van der Waals surface area (Å²) < 4.78 is 19.4. The molecular formula is C29H26ClN3O8. The number of ether oxygens (including phenoxy) is 3. The molecule has 3 aliphatic rings. The zero-order valence-electron chi connectivity index (χ0n) is 22.8. The lowest BCUT2D eigenvalue weighted by atomic mass is 9.66. The van der Waals surface area contributed by atoms with Crippen LogP contribution in [0, 0.1) is 5.92 Å². The van der Waals surface area contributed by atoms with Crippen molar-refractivity contribution in [3.05, 3.63) is 84.2 Å². The lowest BCUT2D eigenvalue weighted by molar-refractivity contribution is -0.130. The van der Waals surface area contributed by atoms with Gasteiger partial charge >= 0.3 is 5.69 Å². The van der Waals surface area contributed by atoms with E-state index in [0.717, 1.165) is 4.57 Å². The van der Waals surface area contributed by atoms with Crippen LogP contribution in [-0.4, -0.2) is 45.6 Å². The number of carbonyl (C=O) groups excluding carboxylic acids is 2. The first-order valence-electron chi connectivity index (χ1n) is 12.8. The number of hydrogen-bond acceptors (Lipinski definition) is 9. The first-order chi connectivity index (χ1) is 19.5. The van der Waals surface area contributed by atoms with Crippen LogP contribution in [-0.2, 0) is 18.9 Å². The van der Waals surface area contributed by atoms with Gasteiger partial charge in [0.2, 0.25) is 17.2 Å². The highest BCUT2D eigenvalue weighted by Gasteiger charge is 2.63. The minimum atomic E-state index is -2.00. The van der Waals surface area contributed by atoms with Crippen molar-refractivity contribution in [1.82, 2.24) is 9.13 Å². The van der Waals surface area contributed by atoms with Crippen LogP contribution in [0.3, 0.4) is 0 Å². The molecule has 2 aromatic carbocycles. The number of Topliss-reactive ketones (excluding diaryl/α,β-unsaturated/α-hetero) is 2. The molecule has 0 saturated carbocycles. The van der Waals surface area contributed by atoms with Crippen LogP contribution >= 0.6 is 11.6 Å². The Kier molecular flexibility index (Phi) is 5.86. The number of halogens is 1. The molecule has 1 aliphatic carbocycles. The van der Waals surface area contributed by atoms with Crippen LogP contribution in [0.15, 0.2) is 51.2 Å². The van der Waals surface area contributed by atoms with E-state index < -0.39 is 40.3 Å². The molecule has 0 bridgehead atoms. The topological polar surface area (TPSA) is 138 Å². The van der Waals surface area contributed by atoms with Crippen LogP contribution < -0.4 is 30.8 Å². The van der Waals surface area contributed by atoms with E-state index >= 15 is 0 Å². The van der Waals surface area contributed by atoms with Gasteiger partial charge in [-0.25, -0.2) is 4.79 Å². The van der Waals surface area contributed by atoms with Crippen molar-refractivity contribution in [2.75, 3.05) is 19.5 Å². The number of aromatic hydroxyl groups is 1. The molecule has 41 heavy (non-hydrogen) atoms. The predicted molar refractivity (Wildman–Crippen MR) is 149 cm³/mol. The fourth-order valence-corrected chi connectivity index (χ4v) is 6.45. The second-order valence-corrected chi connectivity index (χ2v) is 10.8. The first kappa shape index (κ1) is 26.7. The molecule has 0 fully saturated rings. The van der Waals surface area contributed by atoms with Crippen LogP contribution in [0.1, 0.15) is 40.7 Å². The van der Waals surface area contributed by atoms with Gasteiger partial charge in [-0.3, -0.25) is 23.5 Å². The number of benzene rings is 2. The van der Waals surface area contributed by atoms with Gasteiger partial charge in [-0.15, -0.1) is 0 Å². The Balaban J connectivity index is 1.61. The molecule has 1 spiro atoms. The van der Waals surface area contributed by atoms with E-state index in [4.69, 9.17) is 25.8 Å². The minimum Gasteiger partial charge on any atom is -0.508 e. The molecule has 6 rings (SSSR count). The standard InChI is InChI=1S/C29H26ClN3O8/c1-12-10-15-19(24(35)29(12)25(36)20-16(39-4)11-17(40-5)22(30)23(20)41-29)18(13-6-8-14(34)9-7-13)21-26(31-15)32(2)28(38)33(3)27(21)37/h6-9,11-12,18,31,34H,10H2,1-5H3/t12-,18-,29+/m1/s1. The average molecular weight is 580 g/mol. The van der Waals surface area contributed by atoms with Crippen molar-refractivity contribution in [1.29, 1.82) is 0 Å². The zero-order chi connectivity index (χ0) is 29.5. The van der Waals surface area contributed by atoms with Gasteiger partial charge in [-0.05, 0) is 24.1 Å². The van der Waals surface area contributed by atoms with Gasteiger partial charge in [-0.2, -0.15) is 0 Å². The number of aromatic nitrogens is 2. The maximum Gasteiger partial charge on any atom is 0.332 e. The number of allylic oxidation sites excluding steroid dienone is 1. The molecule has 12 heteroatoms. The van der Waals surface area contributed by atoms with Gasteiger partial charge in [0.15, 0.2) is 5.75 Å². The number of nitrogens with one attached hydrogen (secondary N) is 1. The molecule has 0 amide bonds. The molecule has 3 aromatic rings. The largest absolute Gasteiger partial charge is 0.508 e. The summed E-state index contributed by atoms with van der Waals surface area (Å²) in [4.78, 5) is 55.4. The number of phenols is 1. The van der Waals surface area contributed by atoms with Crippen LogP contribution in [0.5, 0.6) is 23.0 Å². The van der Waals surface area contributed by atoms with Crippen LogP contribution in [0.25, 0.3) is 0 Å². The molecule has 1 aromatic heterocycles. The molecule has 11 nitrogen and oxygen atoms in total. The Hall–Kier alpha value is -4.51. The van der Waals surface area contributed by atoms with Crippen molar-refractivity contribution < 1.29 is 28.9 Å². The summed E-state index contributed by atoms with van der Waals surface area (Å²) >= 11 is 6.57. The minimum absolute atomic E-state index is 0.00836. The van der Waals surface area contributed by atoms with Crippen molar-refractivity contribution >= 4 is 29.0 Å². The Morgan fingerprint density at radius 3 is 2.32 bits per heavy atom. The monoisotopic (exact) mass is 579 g/mol. The van der Waals surface area contributed by atoms with E-state index in [0.29, 0.717) is 11.3 Å². The van der Waals surface area contributed by atoms with Gasteiger partial charge in [-0.1, -0.05) is 30.7 Å². The third kappa shape index (κ3) is 3.38. The van der Waals surface area contributed by atoms with Crippen molar-refractivity contribution in [3.63, 3.8) is 0 Å². The number of nitrogens with zero attached hydrogens (tertiary/aromatic N) is 2. The Labute approximate surface area is 238 Å². The number of carbonyl (C=O) groups is 2. The first-order valence-corrected chi connectivity index (χ1v) is 13.2. The average Bonchev–Trinajstić information content (AvgIpc) is 3.28. The maximum absolute atomic E-state index is 14.8. The fraction of sp³-hybridized carbons (Fsp3) is 0.310. The van der Waals surface area contributed by atoms with E-state index in [9.17, 15) is 24.3 Å². The molecule has 212 valence electrons.